The van der Waals surface area contributed by atoms with E-state index in [9.17, 15) is 4.79 Å². The zero-order valence-electron chi connectivity index (χ0n) is 11.3. The molecule has 0 heterocycles. The summed E-state index contributed by atoms with van der Waals surface area (Å²) >= 11 is 3.38. The number of nitrogens with two attached hydrogens (primary N) is 1. The van der Waals surface area contributed by atoms with Gasteiger partial charge in [-0.25, -0.2) is 0 Å². The SMILES string of the molecule is COc1cc(Br)c(NC(=O)CCC(C)N)cc1OC. The van der Waals surface area contributed by atoms with Gasteiger partial charge in [0.15, 0.2) is 11.5 Å². The van der Waals surface area contributed by atoms with Gasteiger partial charge in [0, 0.05) is 29.1 Å². The van der Waals surface area contributed by atoms with Crippen LogP contribution in [0, 0.1) is 0 Å². The molecule has 0 aliphatic rings. The summed E-state index contributed by atoms with van der Waals surface area (Å²) in [6, 6.07) is 3.48. The van der Waals surface area contributed by atoms with Gasteiger partial charge in [0.05, 0.1) is 19.9 Å². The van der Waals surface area contributed by atoms with Crippen LogP contribution in [0.25, 0.3) is 0 Å². The highest BCUT2D eigenvalue weighted by molar-refractivity contribution is 9.10. The fourth-order valence-corrected chi connectivity index (χ4v) is 1.94. The van der Waals surface area contributed by atoms with Crippen LogP contribution in [-0.2, 0) is 4.79 Å². The number of benzene rings is 1. The van der Waals surface area contributed by atoms with Crippen molar-refractivity contribution in [3.05, 3.63) is 16.6 Å². The number of carbonyl (C=O) groups is 1. The van der Waals surface area contributed by atoms with Crippen molar-refractivity contribution >= 4 is 27.5 Å². The predicted octanol–water partition coefficient (Wildman–Crippen LogP) is 2.53. The van der Waals surface area contributed by atoms with Gasteiger partial charge in [-0.1, -0.05) is 0 Å². The maximum Gasteiger partial charge on any atom is 0.224 e. The molecule has 1 aromatic rings. The fraction of sp³-hybridized carbons (Fsp3) is 0.462. The number of carbonyl (C=O) groups excluding carboxylic acids is 1. The smallest absolute Gasteiger partial charge is 0.224 e. The molecule has 0 saturated heterocycles. The molecule has 106 valence electrons. The zero-order chi connectivity index (χ0) is 14.4. The normalized spacial score (nSPS) is 11.8. The standard InChI is InChI=1S/C13H19BrN2O3/c1-8(15)4-5-13(17)16-10-7-12(19-3)11(18-2)6-9(10)14/h6-8H,4-5,15H2,1-3H3,(H,16,17). The molecule has 0 spiro atoms. The molecule has 0 radical (unpaired) electrons. The Labute approximate surface area is 121 Å². The number of hydrogen-bond donors (Lipinski definition) is 2. The summed E-state index contributed by atoms with van der Waals surface area (Å²) in [6.07, 6.45) is 1.04. The van der Waals surface area contributed by atoms with E-state index in [2.05, 4.69) is 21.2 Å². The Morgan fingerprint density at radius 3 is 2.47 bits per heavy atom. The van der Waals surface area contributed by atoms with Gasteiger partial charge in [0.2, 0.25) is 5.91 Å². The largest absolute Gasteiger partial charge is 0.493 e. The van der Waals surface area contributed by atoms with E-state index in [1.807, 2.05) is 6.92 Å². The Morgan fingerprint density at radius 1 is 1.37 bits per heavy atom. The van der Waals surface area contributed by atoms with Crippen LogP contribution in [0.15, 0.2) is 16.6 Å². The minimum absolute atomic E-state index is 0.0135. The van der Waals surface area contributed by atoms with Crippen LogP contribution in [0.1, 0.15) is 19.8 Å². The molecular formula is C13H19BrN2O3. The lowest BCUT2D eigenvalue weighted by molar-refractivity contribution is -0.116. The molecular weight excluding hydrogens is 312 g/mol. The van der Waals surface area contributed by atoms with E-state index in [0.717, 1.165) is 4.47 Å². The van der Waals surface area contributed by atoms with Crippen molar-refractivity contribution in [1.29, 1.82) is 0 Å². The topological polar surface area (TPSA) is 73.6 Å². The van der Waals surface area contributed by atoms with Crippen LogP contribution in [0.4, 0.5) is 5.69 Å². The molecule has 5 nitrogen and oxygen atoms in total. The maximum atomic E-state index is 11.8. The Morgan fingerprint density at radius 2 is 1.95 bits per heavy atom. The summed E-state index contributed by atoms with van der Waals surface area (Å²) in [5, 5.41) is 2.81. The van der Waals surface area contributed by atoms with Crippen LogP contribution in [0.2, 0.25) is 0 Å². The molecule has 0 saturated carbocycles. The molecule has 1 amide bonds. The lowest BCUT2D eigenvalue weighted by atomic mass is 10.2. The van der Waals surface area contributed by atoms with Gasteiger partial charge in [0.25, 0.3) is 0 Å². The number of methoxy groups -OCH3 is 2. The number of anilines is 1. The quantitative estimate of drug-likeness (QED) is 0.840. The first-order valence-corrected chi connectivity index (χ1v) is 6.74. The number of halogens is 1. The molecule has 19 heavy (non-hydrogen) atoms. The number of ether oxygens (including phenoxy) is 2. The highest BCUT2D eigenvalue weighted by atomic mass is 79.9. The molecule has 0 aliphatic carbocycles. The summed E-state index contributed by atoms with van der Waals surface area (Å²) in [5.41, 5.74) is 6.27. The van der Waals surface area contributed by atoms with Crippen molar-refractivity contribution in [3.8, 4) is 11.5 Å². The number of hydrogen-bond acceptors (Lipinski definition) is 4. The van der Waals surface area contributed by atoms with Crippen LogP contribution in [0.5, 0.6) is 11.5 Å². The molecule has 1 rings (SSSR count). The molecule has 1 aromatic carbocycles. The first-order chi connectivity index (χ1) is 8.97. The van der Waals surface area contributed by atoms with E-state index in [1.165, 1.54) is 0 Å². The van der Waals surface area contributed by atoms with Crippen molar-refractivity contribution in [2.75, 3.05) is 19.5 Å². The summed E-state index contributed by atoms with van der Waals surface area (Å²) in [5.74, 6) is 1.08. The monoisotopic (exact) mass is 330 g/mol. The third-order valence-corrected chi connectivity index (χ3v) is 3.23. The minimum atomic E-state index is -0.0785. The molecule has 1 unspecified atom stereocenters. The van der Waals surface area contributed by atoms with E-state index in [4.69, 9.17) is 15.2 Å². The third kappa shape index (κ3) is 4.72. The summed E-state index contributed by atoms with van der Waals surface area (Å²) in [7, 11) is 3.11. The van der Waals surface area contributed by atoms with E-state index in [1.54, 1.807) is 26.4 Å². The van der Waals surface area contributed by atoms with Gasteiger partial charge in [-0.05, 0) is 29.3 Å². The van der Waals surface area contributed by atoms with Gasteiger partial charge in [-0.15, -0.1) is 0 Å². The molecule has 0 bridgehead atoms. The molecule has 1 atom stereocenters. The Bertz CT molecular complexity index is 450. The summed E-state index contributed by atoms with van der Waals surface area (Å²) in [4.78, 5) is 11.8. The summed E-state index contributed by atoms with van der Waals surface area (Å²) < 4.78 is 11.1. The highest BCUT2D eigenvalue weighted by Crippen LogP contribution is 2.36. The zero-order valence-corrected chi connectivity index (χ0v) is 12.9. The molecule has 3 N–H and O–H groups in total. The van der Waals surface area contributed by atoms with Crippen molar-refractivity contribution in [1.82, 2.24) is 0 Å². The second-order valence-electron chi connectivity index (χ2n) is 4.25. The van der Waals surface area contributed by atoms with Gasteiger partial charge < -0.3 is 20.5 Å². The van der Waals surface area contributed by atoms with Crippen molar-refractivity contribution < 1.29 is 14.3 Å². The lowest BCUT2D eigenvalue weighted by Crippen LogP contribution is -2.19. The predicted molar refractivity (Wildman–Crippen MR) is 78.8 cm³/mol. The molecule has 0 aromatic heterocycles. The molecule has 0 aliphatic heterocycles. The van der Waals surface area contributed by atoms with Gasteiger partial charge in [-0.3, -0.25) is 4.79 Å². The Hall–Kier alpha value is -1.27. The number of rotatable bonds is 6. The second kappa shape index (κ2) is 7.35. The average molecular weight is 331 g/mol. The van der Waals surface area contributed by atoms with Crippen LogP contribution in [-0.4, -0.2) is 26.2 Å². The highest BCUT2D eigenvalue weighted by Gasteiger charge is 2.12. The maximum absolute atomic E-state index is 11.8. The fourth-order valence-electron chi connectivity index (χ4n) is 1.52. The van der Waals surface area contributed by atoms with E-state index in [-0.39, 0.29) is 11.9 Å². The first-order valence-electron chi connectivity index (χ1n) is 5.95. The third-order valence-electron chi connectivity index (χ3n) is 2.57. The van der Waals surface area contributed by atoms with Gasteiger partial charge in [-0.2, -0.15) is 0 Å². The van der Waals surface area contributed by atoms with Crippen molar-refractivity contribution in [2.45, 2.75) is 25.8 Å². The summed E-state index contributed by atoms with van der Waals surface area (Å²) in [6.45, 7) is 1.87. The van der Waals surface area contributed by atoms with Gasteiger partial charge >= 0.3 is 0 Å². The first kappa shape index (κ1) is 15.8. The van der Waals surface area contributed by atoms with Crippen LogP contribution >= 0.6 is 15.9 Å². The molecule has 6 heteroatoms. The van der Waals surface area contributed by atoms with E-state index in [0.29, 0.717) is 30.0 Å². The number of nitrogens with one attached hydrogen (secondary N) is 1. The second-order valence-corrected chi connectivity index (χ2v) is 5.11. The van der Waals surface area contributed by atoms with Crippen molar-refractivity contribution in [2.24, 2.45) is 5.73 Å². The van der Waals surface area contributed by atoms with Crippen molar-refractivity contribution in [3.63, 3.8) is 0 Å². The molecule has 0 fully saturated rings. The average Bonchev–Trinajstić information content (AvgIpc) is 2.38. The van der Waals surface area contributed by atoms with E-state index < -0.39 is 0 Å². The Kier molecular flexibility index (Phi) is 6.11. The van der Waals surface area contributed by atoms with Crippen LogP contribution < -0.4 is 20.5 Å². The van der Waals surface area contributed by atoms with Crippen LogP contribution in [0.3, 0.4) is 0 Å². The lowest BCUT2D eigenvalue weighted by Gasteiger charge is -2.13. The Balaban J connectivity index is 2.80. The minimum Gasteiger partial charge on any atom is -0.493 e. The van der Waals surface area contributed by atoms with E-state index >= 15 is 0 Å². The number of amides is 1. The van der Waals surface area contributed by atoms with Gasteiger partial charge in [0.1, 0.15) is 0 Å².